The molecule has 2 aliphatic heterocycles. The molecule has 0 N–H and O–H groups in total. The molecule has 0 saturated carbocycles. The molecule has 0 unspecified atom stereocenters. The van der Waals surface area contributed by atoms with Crippen molar-refractivity contribution in [2.45, 2.75) is 12.5 Å². The average Bonchev–Trinajstić information content (AvgIpc) is 3.73. The van der Waals surface area contributed by atoms with Crippen molar-refractivity contribution in [2.24, 2.45) is 5.10 Å². The number of methoxy groups -OCH3 is 1. The quantitative estimate of drug-likeness (QED) is 0.412. The molecule has 2 aliphatic rings. The van der Waals surface area contributed by atoms with Crippen LogP contribution in [0.4, 0.5) is 0 Å². The molecule has 2 amide bonds. The Morgan fingerprint density at radius 2 is 1.86 bits per heavy atom. The number of hydrazone groups is 1. The molecule has 37 heavy (non-hydrogen) atoms. The van der Waals surface area contributed by atoms with E-state index in [1.54, 1.807) is 34.4 Å². The standard InChI is InChI=1S/C27H30N4O4S2/c1-34-23-7-3-2-6-20(23)22-18-21(24-8-4-16-36-24)28-31(22)26(32)19-30(27(33)25-9-5-17-37-25)11-10-29-12-14-35-15-13-29/h2-9,16-17,22H,10-15,18-19H2,1H3/t22-/m1/s1. The lowest BCUT2D eigenvalue weighted by Gasteiger charge is -2.31. The third-order valence-corrected chi connectivity index (χ3v) is 8.38. The zero-order valence-electron chi connectivity index (χ0n) is 20.7. The van der Waals surface area contributed by atoms with Crippen molar-refractivity contribution >= 4 is 40.2 Å². The number of nitrogens with zero attached hydrogens (tertiary/aromatic N) is 4. The lowest BCUT2D eigenvalue weighted by molar-refractivity contribution is -0.133. The number of carbonyl (C=O) groups excluding carboxylic acids is 2. The van der Waals surface area contributed by atoms with Crippen LogP contribution in [0.15, 0.2) is 64.4 Å². The molecule has 1 aromatic carbocycles. The van der Waals surface area contributed by atoms with E-state index in [2.05, 4.69) is 4.90 Å². The van der Waals surface area contributed by atoms with Gasteiger partial charge in [0.05, 0.1) is 41.8 Å². The minimum Gasteiger partial charge on any atom is -0.496 e. The maximum Gasteiger partial charge on any atom is 0.264 e. The smallest absolute Gasteiger partial charge is 0.264 e. The Balaban J connectivity index is 1.39. The SMILES string of the molecule is COc1ccccc1[C@H]1CC(c2cccs2)=NN1C(=O)CN(CCN1CCOCC1)C(=O)c1cccs1. The van der Waals surface area contributed by atoms with Crippen LogP contribution >= 0.6 is 22.7 Å². The Morgan fingerprint density at radius 3 is 2.59 bits per heavy atom. The Labute approximate surface area is 224 Å². The molecule has 0 bridgehead atoms. The van der Waals surface area contributed by atoms with E-state index in [-0.39, 0.29) is 24.4 Å². The van der Waals surface area contributed by atoms with Crippen molar-refractivity contribution in [1.29, 1.82) is 0 Å². The summed E-state index contributed by atoms with van der Waals surface area (Å²) in [5.74, 6) is 0.369. The number of amides is 2. The van der Waals surface area contributed by atoms with E-state index in [1.165, 1.54) is 11.3 Å². The summed E-state index contributed by atoms with van der Waals surface area (Å²) in [7, 11) is 1.63. The number of thiophene rings is 2. The fraction of sp³-hybridized carbons (Fsp3) is 0.370. The van der Waals surface area contributed by atoms with E-state index >= 15 is 0 Å². The van der Waals surface area contributed by atoms with Gasteiger partial charge in [-0.15, -0.1) is 22.7 Å². The van der Waals surface area contributed by atoms with Gasteiger partial charge in [0.25, 0.3) is 11.8 Å². The summed E-state index contributed by atoms with van der Waals surface area (Å²) in [4.78, 5) is 32.8. The van der Waals surface area contributed by atoms with Crippen LogP contribution in [0.25, 0.3) is 0 Å². The average molecular weight is 539 g/mol. The first kappa shape index (κ1) is 25.6. The molecule has 0 spiro atoms. The molecular formula is C27H30N4O4S2. The van der Waals surface area contributed by atoms with Crippen LogP contribution in [-0.4, -0.2) is 85.4 Å². The highest BCUT2D eigenvalue weighted by Crippen LogP contribution is 2.38. The summed E-state index contributed by atoms with van der Waals surface area (Å²) in [5.41, 5.74) is 1.77. The predicted molar refractivity (Wildman–Crippen MR) is 146 cm³/mol. The molecular weight excluding hydrogens is 508 g/mol. The second-order valence-electron chi connectivity index (χ2n) is 8.88. The molecule has 1 fully saturated rings. The summed E-state index contributed by atoms with van der Waals surface area (Å²) < 4.78 is 11.1. The lowest BCUT2D eigenvalue weighted by Crippen LogP contribution is -2.46. The number of para-hydroxylation sites is 1. The van der Waals surface area contributed by atoms with E-state index in [1.807, 2.05) is 53.2 Å². The largest absolute Gasteiger partial charge is 0.496 e. The zero-order chi connectivity index (χ0) is 25.6. The Kier molecular flexibility index (Phi) is 8.30. The van der Waals surface area contributed by atoms with Crippen LogP contribution in [0, 0.1) is 0 Å². The third-order valence-electron chi connectivity index (χ3n) is 6.60. The second kappa shape index (κ2) is 12.0. The van der Waals surface area contributed by atoms with Crippen LogP contribution in [-0.2, 0) is 9.53 Å². The molecule has 5 rings (SSSR count). The molecule has 4 heterocycles. The maximum absolute atomic E-state index is 13.8. The second-order valence-corrected chi connectivity index (χ2v) is 10.8. The Hall–Kier alpha value is -3.05. The highest BCUT2D eigenvalue weighted by atomic mass is 32.1. The van der Waals surface area contributed by atoms with Gasteiger partial charge in [-0.2, -0.15) is 5.10 Å². The molecule has 3 aromatic rings. The van der Waals surface area contributed by atoms with E-state index in [9.17, 15) is 9.59 Å². The van der Waals surface area contributed by atoms with Gasteiger partial charge in [0.2, 0.25) is 0 Å². The first-order valence-electron chi connectivity index (χ1n) is 12.3. The van der Waals surface area contributed by atoms with Gasteiger partial charge >= 0.3 is 0 Å². The van der Waals surface area contributed by atoms with Crippen LogP contribution < -0.4 is 4.74 Å². The molecule has 0 aliphatic carbocycles. The molecule has 10 heteroatoms. The first-order chi connectivity index (χ1) is 18.1. The van der Waals surface area contributed by atoms with E-state index in [0.29, 0.717) is 43.4 Å². The topological polar surface area (TPSA) is 74.7 Å². The lowest BCUT2D eigenvalue weighted by atomic mass is 10.00. The summed E-state index contributed by atoms with van der Waals surface area (Å²) in [6.07, 6.45) is 0.583. The van der Waals surface area contributed by atoms with Crippen LogP contribution in [0.3, 0.4) is 0 Å². The predicted octanol–water partition coefficient (Wildman–Crippen LogP) is 3.97. The third kappa shape index (κ3) is 5.93. The van der Waals surface area contributed by atoms with Crippen LogP contribution in [0.5, 0.6) is 5.75 Å². The van der Waals surface area contributed by atoms with Gasteiger partial charge in [0, 0.05) is 38.2 Å². The molecule has 8 nitrogen and oxygen atoms in total. The summed E-state index contributed by atoms with van der Waals surface area (Å²) >= 11 is 2.99. The number of hydrogen-bond acceptors (Lipinski definition) is 8. The van der Waals surface area contributed by atoms with Crippen molar-refractivity contribution in [2.75, 3.05) is 53.0 Å². The number of hydrogen-bond donors (Lipinski definition) is 0. The normalized spacial score (nSPS) is 18.0. The van der Waals surface area contributed by atoms with E-state index in [0.717, 1.165) is 29.2 Å². The van der Waals surface area contributed by atoms with Crippen molar-refractivity contribution in [3.8, 4) is 5.75 Å². The van der Waals surface area contributed by atoms with Crippen molar-refractivity contribution < 1.29 is 19.1 Å². The van der Waals surface area contributed by atoms with Gasteiger partial charge in [-0.25, -0.2) is 5.01 Å². The maximum atomic E-state index is 13.8. The van der Waals surface area contributed by atoms with Crippen molar-refractivity contribution in [3.63, 3.8) is 0 Å². The molecule has 194 valence electrons. The number of rotatable bonds is 9. The fourth-order valence-corrected chi connectivity index (χ4v) is 6.06. The minimum absolute atomic E-state index is 0.0477. The van der Waals surface area contributed by atoms with Gasteiger partial charge in [-0.05, 0) is 29.0 Å². The zero-order valence-corrected chi connectivity index (χ0v) is 22.4. The first-order valence-corrected chi connectivity index (χ1v) is 14.1. The molecule has 0 radical (unpaired) electrons. The molecule has 2 aromatic heterocycles. The monoisotopic (exact) mass is 538 g/mol. The highest BCUT2D eigenvalue weighted by Gasteiger charge is 2.36. The Morgan fingerprint density at radius 1 is 1.08 bits per heavy atom. The van der Waals surface area contributed by atoms with Gasteiger partial charge in [0.15, 0.2) is 0 Å². The Bertz CT molecular complexity index is 1220. The fourth-order valence-electron chi connectivity index (χ4n) is 4.65. The van der Waals surface area contributed by atoms with Gasteiger partial charge in [-0.1, -0.05) is 30.3 Å². The summed E-state index contributed by atoms with van der Waals surface area (Å²) in [6, 6.07) is 15.1. The highest BCUT2D eigenvalue weighted by molar-refractivity contribution is 7.12. The van der Waals surface area contributed by atoms with Crippen molar-refractivity contribution in [3.05, 3.63) is 74.6 Å². The molecule has 1 saturated heterocycles. The van der Waals surface area contributed by atoms with E-state index < -0.39 is 0 Å². The van der Waals surface area contributed by atoms with Gasteiger partial charge in [0.1, 0.15) is 12.3 Å². The van der Waals surface area contributed by atoms with Crippen LogP contribution in [0.1, 0.15) is 32.6 Å². The summed E-state index contributed by atoms with van der Waals surface area (Å²) in [6.45, 7) is 4.12. The number of benzene rings is 1. The van der Waals surface area contributed by atoms with E-state index in [4.69, 9.17) is 14.6 Å². The van der Waals surface area contributed by atoms with Crippen molar-refractivity contribution in [1.82, 2.24) is 14.8 Å². The number of morpholine rings is 1. The molecule has 1 atom stereocenters. The van der Waals surface area contributed by atoms with Crippen LogP contribution in [0.2, 0.25) is 0 Å². The minimum atomic E-state index is -0.307. The number of carbonyl (C=O) groups is 2. The summed E-state index contributed by atoms with van der Waals surface area (Å²) in [5, 5.41) is 10.2. The van der Waals surface area contributed by atoms with Gasteiger partial charge < -0.3 is 14.4 Å². The number of ether oxygens (including phenoxy) is 2. The van der Waals surface area contributed by atoms with Gasteiger partial charge in [-0.3, -0.25) is 14.5 Å².